The van der Waals surface area contributed by atoms with Crippen LogP contribution in [0.5, 0.6) is 5.75 Å². The van der Waals surface area contributed by atoms with Crippen LogP contribution in [0.3, 0.4) is 0 Å². The molecule has 1 saturated heterocycles. The number of anilines is 1. The molecule has 188 valence electrons. The van der Waals surface area contributed by atoms with E-state index in [-0.39, 0.29) is 5.75 Å². The number of likely N-dealkylation sites (N-methyl/N-ethyl adjacent to an activating group) is 1. The molecule has 0 spiro atoms. The molecule has 0 aliphatic carbocycles. The zero-order valence-electron chi connectivity index (χ0n) is 19.7. The third-order valence-corrected chi connectivity index (χ3v) is 5.94. The van der Waals surface area contributed by atoms with Gasteiger partial charge in [0.1, 0.15) is 23.1 Å². The molecular formula is C24H24F3N7O2. The van der Waals surface area contributed by atoms with E-state index in [1.165, 1.54) is 24.3 Å². The number of halogens is 3. The molecule has 0 N–H and O–H groups in total. The minimum atomic E-state index is -4.74. The van der Waals surface area contributed by atoms with Crippen molar-refractivity contribution in [2.75, 3.05) is 38.1 Å². The SMILES string of the molecule is Cc1nc(-c2cc(-c3ccc(OC(F)(F)F)cc3)no2)nn1Cc1ccnc(N2CCN(C)CC2)c1. The van der Waals surface area contributed by atoms with Gasteiger partial charge in [-0.05, 0) is 55.9 Å². The Morgan fingerprint density at radius 2 is 1.78 bits per heavy atom. The van der Waals surface area contributed by atoms with Crippen LogP contribution >= 0.6 is 0 Å². The summed E-state index contributed by atoms with van der Waals surface area (Å²) in [6, 6.07) is 11.1. The smallest absolute Gasteiger partial charge is 0.406 e. The third kappa shape index (κ3) is 5.48. The van der Waals surface area contributed by atoms with Crippen LogP contribution < -0.4 is 9.64 Å². The second kappa shape index (κ2) is 9.61. The van der Waals surface area contributed by atoms with Crippen molar-refractivity contribution in [2.45, 2.75) is 19.8 Å². The van der Waals surface area contributed by atoms with Gasteiger partial charge in [0, 0.05) is 44.0 Å². The van der Waals surface area contributed by atoms with Crippen molar-refractivity contribution in [3.8, 4) is 28.6 Å². The number of ether oxygens (including phenoxy) is 1. The fraction of sp³-hybridized carbons (Fsp3) is 0.333. The number of alkyl halides is 3. The zero-order valence-corrected chi connectivity index (χ0v) is 19.7. The summed E-state index contributed by atoms with van der Waals surface area (Å²) in [6.07, 6.45) is -2.93. The number of aryl methyl sites for hydroxylation is 1. The lowest BCUT2D eigenvalue weighted by molar-refractivity contribution is -0.274. The Kier molecular flexibility index (Phi) is 6.35. The predicted octanol–water partition coefficient (Wildman–Crippen LogP) is 4.00. The predicted molar refractivity (Wildman–Crippen MR) is 125 cm³/mol. The summed E-state index contributed by atoms with van der Waals surface area (Å²) in [4.78, 5) is 13.6. The van der Waals surface area contributed by atoms with Crippen LogP contribution in [0.15, 0.2) is 53.2 Å². The molecule has 1 aromatic carbocycles. The van der Waals surface area contributed by atoms with Crippen molar-refractivity contribution in [1.29, 1.82) is 0 Å². The normalized spacial score (nSPS) is 14.9. The van der Waals surface area contributed by atoms with E-state index >= 15 is 0 Å². The summed E-state index contributed by atoms with van der Waals surface area (Å²) in [5.74, 6) is 2.07. The topological polar surface area (TPSA) is 85.3 Å². The largest absolute Gasteiger partial charge is 0.573 e. The summed E-state index contributed by atoms with van der Waals surface area (Å²) < 4.78 is 48.2. The number of nitrogens with zero attached hydrogens (tertiary/aromatic N) is 7. The molecule has 0 unspecified atom stereocenters. The Hall–Kier alpha value is -3.93. The van der Waals surface area contributed by atoms with E-state index in [0.717, 1.165) is 37.6 Å². The maximum atomic E-state index is 12.4. The first-order valence-corrected chi connectivity index (χ1v) is 11.4. The molecule has 36 heavy (non-hydrogen) atoms. The molecule has 1 fully saturated rings. The molecule has 1 aliphatic heterocycles. The number of benzene rings is 1. The van der Waals surface area contributed by atoms with Crippen molar-refractivity contribution in [2.24, 2.45) is 0 Å². The first-order valence-electron chi connectivity index (χ1n) is 11.4. The lowest BCUT2D eigenvalue weighted by Gasteiger charge is -2.33. The summed E-state index contributed by atoms with van der Waals surface area (Å²) in [5.41, 5.74) is 2.07. The fourth-order valence-electron chi connectivity index (χ4n) is 3.96. The zero-order chi connectivity index (χ0) is 25.3. The van der Waals surface area contributed by atoms with Crippen LogP contribution in [0.1, 0.15) is 11.4 Å². The monoisotopic (exact) mass is 499 g/mol. The molecule has 4 heterocycles. The van der Waals surface area contributed by atoms with E-state index in [9.17, 15) is 13.2 Å². The average molecular weight is 499 g/mol. The van der Waals surface area contributed by atoms with Crippen LogP contribution in [-0.2, 0) is 6.54 Å². The van der Waals surface area contributed by atoms with Gasteiger partial charge in [0.15, 0.2) is 0 Å². The Morgan fingerprint density at radius 3 is 2.50 bits per heavy atom. The van der Waals surface area contributed by atoms with E-state index in [4.69, 9.17) is 4.52 Å². The van der Waals surface area contributed by atoms with Gasteiger partial charge >= 0.3 is 6.36 Å². The van der Waals surface area contributed by atoms with Crippen LogP contribution in [0.25, 0.3) is 22.8 Å². The van der Waals surface area contributed by atoms with Gasteiger partial charge in [-0.2, -0.15) is 0 Å². The molecule has 4 aromatic rings. The Bertz CT molecular complexity index is 1330. The molecule has 0 radical (unpaired) electrons. The number of piperazine rings is 1. The molecule has 9 nitrogen and oxygen atoms in total. The third-order valence-electron chi connectivity index (χ3n) is 5.94. The van der Waals surface area contributed by atoms with Crippen LogP contribution in [0, 0.1) is 6.92 Å². The lowest BCUT2D eigenvalue weighted by Crippen LogP contribution is -2.44. The second-order valence-corrected chi connectivity index (χ2v) is 8.60. The Morgan fingerprint density at radius 1 is 1.03 bits per heavy atom. The maximum Gasteiger partial charge on any atom is 0.573 e. The molecular weight excluding hydrogens is 475 g/mol. The summed E-state index contributed by atoms with van der Waals surface area (Å²) in [5, 5.41) is 8.59. The van der Waals surface area contributed by atoms with E-state index in [0.29, 0.717) is 35.2 Å². The number of rotatable bonds is 6. The van der Waals surface area contributed by atoms with Crippen LogP contribution in [-0.4, -0.2) is 69.4 Å². The van der Waals surface area contributed by atoms with Crippen LogP contribution in [0.4, 0.5) is 19.0 Å². The minimum Gasteiger partial charge on any atom is -0.406 e. The van der Waals surface area contributed by atoms with E-state index in [1.54, 1.807) is 10.7 Å². The van der Waals surface area contributed by atoms with Gasteiger partial charge in [0.2, 0.25) is 11.6 Å². The van der Waals surface area contributed by atoms with E-state index < -0.39 is 6.36 Å². The van der Waals surface area contributed by atoms with Gasteiger partial charge in [-0.3, -0.25) is 0 Å². The summed E-state index contributed by atoms with van der Waals surface area (Å²) >= 11 is 0. The van der Waals surface area contributed by atoms with Crippen molar-refractivity contribution in [3.63, 3.8) is 0 Å². The van der Waals surface area contributed by atoms with Crippen LogP contribution in [0.2, 0.25) is 0 Å². The van der Waals surface area contributed by atoms with Gasteiger partial charge in [0.05, 0.1) is 6.54 Å². The first-order chi connectivity index (χ1) is 17.2. The van der Waals surface area contributed by atoms with Crippen molar-refractivity contribution >= 4 is 5.82 Å². The standard InChI is InChI=1S/C24H24F3N7O2/c1-16-29-23(21-14-20(31-36-21)18-3-5-19(6-4-18)35-24(25,26)27)30-34(16)15-17-7-8-28-22(13-17)33-11-9-32(2)10-12-33/h3-8,13-14H,9-12,15H2,1-2H3. The molecule has 1 aliphatic rings. The van der Waals surface area contributed by atoms with E-state index in [2.05, 4.69) is 47.9 Å². The Balaban J connectivity index is 1.29. The number of hydrogen-bond acceptors (Lipinski definition) is 8. The molecule has 5 rings (SSSR count). The van der Waals surface area contributed by atoms with Gasteiger partial charge in [0.25, 0.3) is 0 Å². The average Bonchev–Trinajstić information content (AvgIpc) is 3.47. The van der Waals surface area contributed by atoms with Gasteiger partial charge in [-0.1, -0.05) is 5.16 Å². The number of aromatic nitrogens is 5. The fourth-order valence-corrected chi connectivity index (χ4v) is 3.96. The highest BCUT2D eigenvalue weighted by Crippen LogP contribution is 2.28. The molecule has 0 amide bonds. The first kappa shape index (κ1) is 23.8. The van der Waals surface area contributed by atoms with Crippen molar-refractivity contribution in [1.82, 2.24) is 29.8 Å². The lowest BCUT2D eigenvalue weighted by atomic mass is 10.1. The highest BCUT2D eigenvalue weighted by atomic mass is 19.4. The summed E-state index contributed by atoms with van der Waals surface area (Å²) in [7, 11) is 2.12. The molecule has 12 heteroatoms. The minimum absolute atomic E-state index is 0.308. The number of hydrogen-bond donors (Lipinski definition) is 0. The Labute approximate surface area is 205 Å². The van der Waals surface area contributed by atoms with E-state index in [1.807, 2.05) is 19.2 Å². The summed E-state index contributed by atoms with van der Waals surface area (Å²) in [6.45, 7) is 6.25. The maximum absolute atomic E-state index is 12.4. The molecule has 0 saturated carbocycles. The molecule has 0 atom stereocenters. The highest BCUT2D eigenvalue weighted by Gasteiger charge is 2.31. The second-order valence-electron chi connectivity index (χ2n) is 8.60. The highest BCUT2D eigenvalue weighted by molar-refractivity contribution is 5.64. The van der Waals surface area contributed by atoms with Crippen molar-refractivity contribution in [3.05, 3.63) is 60.0 Å². The van der Waals surface area contributed by atoms with Gasteiger partial charge < -0.3 is 19.1 Å². The quantitative estimate of drug-likeness (QED) is 0.394. The number of pyridine rings is 1. The van der Waals surface area contributed by atoms with Gasteiger partial charge in [-0.25, -0.2) is 14.6 Å². The van der Waals surface area contributed by atoms with Gasteiger partial charge in [-0.15, -0.1) is 18.3 Å². The molecule has 0 bridgehead atoms. The van der Waals surface area contributed by atoms with Crippen molar-refractivity contribution < 1.29 is 22.4 Å². The molecule has 3 aromatic heterocycles.